The second kappa shape index (κ2) is 6.60. The molecule has 0 fully saturated rings. The molecular weight excluding hydrogens is 382 g/mol. The monoisotopic (exact) mass is 399 g/mol. The van der Waals surface area contributed by atoms with Gasteiger partial charge < -0.3 is 10.3 Å². The van der Waals surface area contributed by atoms with Crippen LogP contribution in [0.1, 0.15) is 38.4 Å². The number of nitrogens with zero attached hydrogens (tertiary/aromatic N) is 1. The van der Waals surface area contributed by atoms with E-state index in [0.29, 0.717) is 0 Å². The Hall–Kier alpha value is -1.04. The molecule has 1 unspecified atom stereocenters. The minimum absolute atomic E-state index is 0.0499. The van der Waals surface area contributed by atoms with E-state index in [1.165, 1.54) is 0 Å². The number of amides is 1. The maximum Gasteiger partial charge on any atom is 0.436 e. The molecule has 0 bridgehead atoms. The number of carbonyl (C=O) groups is 1. The minimum atomic E-state index is -4.96. The van der Waals surface area contributed by atoms with Gasteiger partial charge >= 0.3 is 6.18 Å². The molecule has 0 radical (unpaired) electrons. The average molecular weight is 399 g/mol. The van der Waals surface area contributed by atoms with Crippen molar-refractivity contribution in [2.75, 3.05) is 5.75 Å². The minimum Gasteiger partial charge on any atom is -0.598 e. The summed E-state index contributed by atoms with van der Waals surface area (Å²) in [4.78, 5) is 14.9. The molecule has 0 spiro atoms. The van der Waals surface area contributed by atoms with Crippen molar-refractivity contribution in [1.29, 1.82) is 0 Å². The van der Waals surface area contributed by atoms with Gasteiger partial charge in [0.05, 0.1) is 4.90 Å². The summed E-state index contributed by atoms with van der Waals surface area (Å²) in [5.74, 6) is -2.38. The number of fused-ring (bicyclic) bond motifs is 1. The van der Waals surface area contributed by atoms with E-state index in [-0.39, 0.29) is 22.6 Å². The Balaban J connectivity index is 2.61. The van der Waals surface area contributed by atoms with Crippen molar-refractivity contribution in [2.45, 2.75) is 48.5 Å². The average Bonchev–Trinajstić information content (AvgIpc) is 2.45. The maximum absolute atomic E-state index is 14.4. The summed E-state index contributed by atoms with van der Waals surface area (Å²) in [7, 11) is 0. The third kappa shape index (κ3) is 3.74. The lowest BCUT2D eigenvalue weighted by molar-refractivity contribution is -0.144. The fourth-order valence-corrected chi connectivity index (χ4v) is 4.43. The Labute approximate surface area is 149 Å². The zero-order valence-corrected chi connectivity index (χ0v) is 15.3. The van der Waals surface area contributed by atoms with Crippen molar-refractivity contribution in [3.05, 3.63) is 23.3 Å². The smallest absolute Gasteiger partial charge is 0.436 e. The van der Waals surface area contributed by atoms with Gasteiger partial charge in [-0.1, -0.05) is 0 Å². The first-order valence-electron chi connectivity index (χ1n) is 7.19. The molecule has 25 heavy (non-hydrogen) atoms. The number of nitrogens with two attached hydrogens (primary N) is 1. The highest BCUT2D eigenvalue weighted by molar-refractivity contribution is 7.99. The van der Waals surface area contributed by atoms with Crippen LogP contribution in [0.25, 0.3) is 0 Å². The Morgan fingerprint density at radius 1 is 1.44 bits per heavy atom. The molecule has 5 nitrogen and oxygen atoms in total. The van der Waals surface area contributed by atoms with E-state index >= 15 is 0 Å². The Kier molecular flexibility index (Phi) is 5.35. The summed E-state index contributed by atoms with van der Waals surface area (Å²) in [6, 6.07) is 0. The molecule has 3 N–H and O–H groups in total. The van der Waals surface area contributed by atoms with Crippen LogP contribution in [0, 0.1) is 5.82 Å². The first kappa shape index (κ1) is 20.3. The quantitative estimate of drug-likeness (QED) is 0.602. The van der Waals surface area contributed by atoms with Gasteiger partial charge in [-0.15, -0.1) is 16.5 Å². The van der Waals surface area contributed by atoms with E-state index < -0.39 is 45.2 Å². The van der Waals surface area contributed by atoms with E-state index in [4.69, 9.17) is 5.73 Å². The van der Waals surface area contributed by atoms with Gasteiger partial charge in [-0.25, -0.2) is 9.37 Å². The number of nitrogens with one attached hydrogen (secondary N) is 1. The normalized spacial score (nSPS) is 22.4. The molecule has 0 saturated carbocycles. The number of alkyl halides is 3. The number of halogens is 4. The third-order valence-corrected chi connectivity index (χ3v) is 6.41. The van der Waals surface area contributed by atoms with Gasteiger partial charge in [-0.2, -0.15) is 13.2 Å². The molecular formula is C14H17F4N3O2S2. The highest BCUT2D eigenvalue weighted by Crippen LogP contribution is 2.44. The van der Waals surface area contributed by atoms with Gasteiger partial charge in [0.25, 0.3) is 0 Å². The fraction of sp³-hybridized carbons (Fsp3) is 0.571. The van der Waals surface area contributed by atoms with Crippen LogP contribution < -0.4 is 10.5 Å². The summed E-state index contributed by atoms with van der Waals surface area (Å²) < 4.78 is 67.3. The molecule has 0 aliphatic carbocycles. The number of primary amides is 1. The SMILES string of the molecule is CC(C)(C)[S+]([O-])N[C@]1(C(N)=O)CCSc2c1cnc(C(F)(F)F)c2F. The van der Waals surface area contributed by atoms with Crippen molar-refractivity contribution in [3.8, 4) is 0 Å². The zero-order chi connectivity index (χ0) is 19.2. The Bertz CT molecular complexity index is 694. The molecule has 2 rings (SSSR count). The highest BCUT2D eigenvalue weighted by Gasteiger charge is 2.50. The number of carbonyl (C=O) groups excluding carboxylic acids is 1. The Morgan fingerprint density at radius 3 is 2.52 bits per heavy atom. The van der Waals surface area contributed by atoms with Gasteiger partial charge in [-0.3, -0.25) is 4.79 Å². The van der Waals surface area contributed by atoms with Gasteiger partial charge in [-0.05, 0) is 27.2 Å². The van der Waals surface area contributed by atoms with Gasteiger partial charge in [0.15, 0.2) is 17.1 Å². The molecule has 1 aromatic heterocycles. The molecule has 0 saturated heterocycles. The fourth-order valence-electron chi connectivity index (χ4n) is 2.28. The van der Waals surface area contributed by atoms with Crippen LogP contribution in [0.4, 0.5) is 17.6 Å². The van der Waals surface area contributed by atoms with E-state index in [2.05, 4.69) is 9.71 Å². The predicted molar refractivity (Wildman–Crippen MR) is 86.4 cm³/mol. The lowest BCUT2D eigenvalue weighted by atomic mass is 9.88. The van der Waals surface area contributed by atoms with Crippen molar-refractivity contribution >= 4 is 29.0 Å². The molecule has 1 aliphatic rings. The summed E-state index contributed by atoms with van der Waals surface area (Å²) in [6.45, 7) is 4.94. The summed E-state index contributed by atoms with van der Waals surface area (Å²) in [5.41, 5.74) is 1.93. The molecule has 0 aromatic carbocycles. The van der Waals surface area contributed by atoms with Crippen LogP contribution in [0.3, 0.4) is 0 Å². The standard InChI is InChI=1S/C14H17F4N3O2S2/c1-12(2,3)25(23)21-13(11(19)22)4-5-24-9-7(13)6-20-10(8(9)15)14(16,17)18/h6,21H,4-5H2,1-3H3,(H2,19,22)/t13-,25?/m1/s1. The largest absolute Gasteiger partial charge is 0.598 e. The molecule has 2 heterocycles. The van der Waals surface area contributed by atoms with Crippen LogP contribution in [-0.4, -0.2) is 25.9 Å². The van der Waals surface area contributed by atoms with Gasteiger partial charge in [0.1, 0.15) is 4.75 Å². The number of pyridine rings is 1. The third-order valence-electron chi connectivity index (χ3n) is 3.67. The van der Waals surface area contributed by atoms with E-state index in [1.807, 2.05) is 0 Å². The summed E-state index contributed by atoms with van der Waals surface area (Å²) >= 11 is -0.926. The number of hydrogen-bond donors (Lipinski definition) is 2. The number of aromatic nitrogens is 1. The molecule has 1 amide bonds. The number of rotatable bonds is 3. The highest BCUT2D eigenvalue weighted by atomic mass is 32.2. The first-order valence-corrected chi connectivity index (χ1v) is 9.33. The second-order valence-electron chi connectivity index (χ2n) is 6.51. The summed E-state index contributed by atoms with van der Waals surface area (Å²) in [5, 5.41) is 0. The lowest BCUT2D eigenvalue weighted by Crippen LogP contribution is -2.59. The zero-order valence-electron chi connectivity index (χ0n) is 13.7. The molecule has 140 valence electrons. The maximum atomic E-state index is 14.4. The van der Waals surface area contributed by atoms with Crippen LogP contribution in [-0.2, 0) is 27.9 Å². The van der Waals surface area contributed by atoms with Crippen LogP contribution in [0.15, 0.2) is 11.1 Å². The van der Waals surface area contributed by atoms with Gasteiger partial charge in [0, 0.05) is 28.9 Å². The van der Waals surface area contributed by atoms with Crippen molar-refractivity contribution in [1.82, 2.24) is 9.71 Å². The van der Waals surface area contributed by atoms with Crippen LogP contribution in [0.2, 0.25) is 0 Å². The van der Waals surface area contributed by atoms with E-state index in [0.717, 1.165) is 18.0 Å². The second-order valence-corrected chi connectivity index (χ2v) is 9.58. The van der Waals surface area contributed by atoms with E-state index in [9.17, 15) is 26.9 Å². The molecule has 11 heteroatoms. The van der Waals surface area contributed by atoms with Crippen molar-refractivity contribution in [3.63, 3.8) is 0 Å². The molecule has 2 atom stereocenters. The number of hydrogen-bond acceptors (Lipinski definition) is 5. The van der Waals surface area contributed by atoms with Crippen molar-refractivity contribution < 1.29 is 26.9 Å². The molecule has 1 aliphatic heterocycles. The number of thioether (sulfide) groups is 1. The van der Waals surface area contributed by atoms with Crippen LogP contribution >= 0.6 is 11.8 Å². The van der Waals surface area contributed by atoms with Crippen molar-refractivity contribution in [2.24, 2.45) is 5.73 Å². The summed E-state index contributed by atoms with van der Waals surface area (Å²) in [6.07, 6.45) is -4.13. The first-order chi connectivity index (χ1) is 11.3. The topological polar surface area (TPSA) is 91.1 Å². The lowest BCUT2D eigenvalue weighted by Gasteiger charge is -2.38. The van der Waals surface area contributed by atoms with E-state index in [1.54, 1.807) is 20.8 Å². The predicted octanol–water partition coefficient (Wildman–Crippen LogP) is 2.47. The van der Waals surface area contributed by atoms with Crippen LogP contribution in [0.5, 0.6) is 0 Å². The molecule has 1 aromatic rings. The van der Waals surface area contributed by atoms with Gasteiger partial charge in [0.2, 0.25) is 5.91 Å². The Morgan fingerprint density at radius 2 is 2.04 bits per heavy atom.